The second-order valence-corrected chi connectivity index (χ2v) is 9.86. The van der Waals surface area contributed by atoms with Gasteiger partial charge in [0, 0.05) is 40.8 Å². The number of Topliss-reactive ketones (excluding diaryl/α,β-unsaturated/α-hetero) is 1. The molecule has 9 heteroatoms. The fraction of sp³-hybridized carbons (Fsp3) is 0.462. The Hall–Kier alpha value is -2.94. The number of ether oxygens (including phenoxy) is 2. The average molecular weight is 544 g/mol. The highest BCUT2D eigenvalue weighted by molar-refractivity contribution is 9.10. The van der Waals surface area contributed by atoms with E-state index >= 15 is 0 Å². The Balaban J connectivity index is 1.94. The highest BCUT2D eigenvalue weighted by Gasteiger charge is 2.26. The zero-order valence-corrected chi connectivity index (χ0v) is 22.7. The van der Waals surface area contributed by atoms with E-state index in [1.807, 2.05) is 24.3 Å². The van der Waals surface area contributed by atoms with Crippen LogP contribution in [0.2, 0.25) is 0 Å². The number of benzene rings is 1. The van der Waals surface area contributed by atoms with Gasteiger partial charge < -0.3 is 24.9 Å². The van der Waals surface area contributed by atoms with Crippen LogP contribution in [0.15, 0.2) is 34.9 Å². The van der Waals surface area contributed by atoms with Crippen molar-refractivity contribution in [3.8, 4) is 11.5 Å². The minimum absolute atomic E-state index is 0.180. The standard InChI is InChI=1S/C26H34BrN5O3/c1-6-7-11-26(3,12-10-17(2)33)32-24-23-21(13-19(27)16-28-23)30-25(31-24)29-15-18-8-9-20(34-4)14-22(18)35-5/h8-9,13-14,16H,6-7,10-12,15H2,1-5H3,(H2,29,30,31,32)/t26-/m1/s1. The number of unbranched alkanes of at least 4 members (excludes halogenated alkanes) is 1. The molecule has 188 valence electrons. The van der Waals surface area contributed by atoms with Crippen LogP contribution in [0.3, 0.4) is 0 Å². The summed E-state index contributed by atoms with van der Waals surface area (Å²) in [5, 5.41) is 6.95. The van der Waals surface area contributed by atoms with Crippen molar-refractivity contribution < 1.29 is 14.3 Å². The van der Waals surface area contributed by atoms with Gasteiger partial charge in [-0.15, -0.1) is 0 Å². The number of carbonyl (C=O) groups excluding carboxylic acids is 1. The molecule has 2 N–H and O–H groups in total. The third-order valence-electron chi connectivity index (χ3n) is 5.96. The number of pyridine rings is 1. The number of ketones is 1. The molecule has 3 aromatic rings. The monoisotopic (exact) mass is 543 g/mol. The Bertz CT molecular complexity index is 1170. The van der Waals surface area contributed by atoms with Crippen LogP contribution in [0.1, 0.15) is 58.4 Å². The first-order valence-electron chi connectivity index (χ1n) is 11.8. The highest BCUT2D eigenvalue weighted by atomic mass is 79.9. The molecule has 0 amide bonds. The molecule has 0 aliphatic heterocycles. The van der Waals surface area contributed by atoms with Gasteiger partial charge in [-0.05, 0) is 60.8 Å². The van der Waals surface area contributed by atoms with Crippen LogP contribution in [-0.4, -0.2) is 40.5 Å². The minimum atomic E-state index is -0.297. The number of rotatable bonds is 13. The smallest absolute Gasteiger partial charge is 0.225 e. The second kappa shape index (κ2) is 12.2. The van der Waals surface area contributed by atoms with Gasteiger partial charge in [-0.2, -0.15) is 4.98 Å². The highest BCUT2D eigenvalue weighted by Crippen LogP contribution is 2.30. The predicted octanol–water partition coefficient (Wildman–Crippen LogP) is 6.15. The molecule has 35 heavy (non-hydrogen) atoms. The predicted molar refractivity (Wildman–Crippen MR) is 143 cm³/mol. The van der Waals surface area contributed by atoms with E-state index in [9.17, 15) is 4.79 Å². The molecule has 8 nitrogen and oxygen atoms in total. The summed E-state index contributed by atoms with van der Waals surface area (Å²) in [5.41, 5.74) is 2.05. The van der Waals surface area contributed by atoms with Crippen LogP contribution in [0.5, 0.6) is 11.5 Å². The van der Waals surface area contributed by atoms with Gasteiger partial charge in [0.1, 0.15) is 22.8 Å². The molecule has 1 atom stereocenters. The topological polar surface area (TPSA) is 98.3 Å². The van der Waals surface area contributed by atoms with Crippen LogP contribution in [0, 0.1) is 0 Å². The van der Waals surface area contributed by atoms with Gasteiger partial charge in [0.2, 0.25) is 5.95 Å². The fourth-order valence-electron chi connectivity index (χ4n) is 3.89. The van der Waals surface area contributed by atoms with E-state index in [-0.39, 0.29) is 11.3 Å². The average Bonchev–Trinajstić information content (AvgIpc) is 2.84. The molecule has 0 unspecified atom stereocenters. The lowest BCUT2D eigenvalue weighted by Crippen LogP contribution is -2.36. The van der Waals surface area contributed by atoms with Crippen molar-refractivity contribution >= 4 is 44.5 Å². The lowest BCUT2D eigenvalue weighted by Gasteiger charge is -2.32. The van der Waals surface area contributed by atoms with Gasteiger partial charge >= 0.3 is 0 Å². The number of hydrogen-bond donors (Lipinski definition) is 2. The number of carbonyl (C=O) groups is 1. The first kappa shape index (κ1) is 26.7. The van der Waals surface area contributed by atoms with Gasteiger partial charge in [0.15, 0.2) is 5.82 Å². The molecule has 1 aromatic carbocycles. The SMILES string of the molecule is CCCC[C@](C)(CCC(C)=O)Nc1nc(NCc2ccc(OC)cc2OC)nc2cc(Br)cnc12. The quantitative estimate of drug-likeness (QED) is 0.265. The van der Waals surface area contributed by atoms with Crippen molar-refractivity contribution in [3.63, 3.8) is 0 Å². The van der Waals surface area contributed by atoms with E-state index in [0.29, 0.717) is 35.8 Å². The number of anilines is 2. The zero-order valence-electron chi connectivity index (χ0n) is 21.1. The molecular weight excluding hydrogens is 510 g/mol. The summed E-state index contributed by atoms with van der Waals surface area (Å²) in [7, 11) is 3.26. The Morgan fingerprint density at radius 2 is 1.94 bits per heavy atom. The maximum absolute atomic E-state index is 11.7. The summed E-state index contributed by atoms with van der Waals surface area (Å²) in [5.74, 6) is 2.75. The molecular formula is C26H34BrN5O3. The fourth-order valence-corrected chi connectivity index (χ4v) is 4.21. The van der Waals surface area contributed by atoms with Crippen molar-refractivity contribution in [1.82, 2.24) is 15.0 Å². The lowest BCUT2D eigenvalue weighted by molar-refractivity contribution is -0.117. The summed E-state index contributed by atoms with van der Waals surface area (Å²) in [6.07, 6.45) is 6.01. The summed E-state index contributed by atoms with van der Waals surface area (Å²) in [4.78, 5) is 25.8. The van der Waals surface area contributed by atoms with Crippen LogP contribution in [0.25, 0.3) is 11.0 Å². The van der Waals surface area contributed by atoms with E-state index in [1.54, 1.807) is 27.3 Å². The third-order valence-corrected chi connectivity index (χ3v) is 6.40. The molecule has 0 saturated heterocycles. The Labute approximate surface area is 215 Å². The summed E-state index contributed by atoms with van der Waals surface area (Å²) >= 11 is 3.50. The largest absolute Gasteiger partial charge is 0.497 e. The molecule has 0 spiro atoms. The van der Waals surface area contributed by atoms with Crippen molar-refractivity contribution in [2.45, 2.75) is 65.0 Å². The van der Waals surface area contributed by atoms with Crippen LogP contribution < -0.4 is 20.1 Å². The zero-order chi connectivity index (χ0) is 25.4. The van der Waals surface area contributed by atoms with Crippen LogP contribution >= 0.6 is 15.9 Å². The van der Waals surface area contributed by atoms with E-state index in [0.717, 1.165) is 47.2 Å². The maximum Gasteiger partial charge on any atom is 0.225 e. The Kier molecular flexibility index (Phi) is 9.26. The van der Waals surface area contributed by atoms with E-state index < -0.39 is 0 Å². The van der Waals surface area contributed by atoms with Crippen LogP contribution in [0.4, 0.5) is 11.8 Å². The summed E-state index contributed by atoms with van der Waals surface area (Å²) in [6.45, 7) is 6.42. The van der Waals surface area contributed by atoms with Crippen LogP contribution in [-0.2, 0) is 11.3 Å². The molecule has 2 aromatic heterocycles. The number of halogens is 1. The van der Waals surface area contributed by atoms with E-state index in [4.69, 9.17) is 19.4 Å². The molecule has 0 aliphatic rings. The van der Waals surface area contributed by atoms with E-state index in [1.165, 1.54) is 0 Å². The summed E-state index contributed by atoms with van der Waals surface area (Å²) in [6, 6.07) is 7.61. The van der Waals surface area contributed by atoms with Gasteiger partial charge in [-0.25, -0.2) is 9.97 Å². The first-order chi connectivity index (χ1) is 16.8. The molecule has 0 aliphatic carbocycles. The Morgan fingerprint density at radius 3 is 2.63 bits per heavy atom. The number of hydrogen-bond acceptors (Lipinski definition) is 8. The molecule has 3 rings (SSSR count). The van der Waals surface area contributed by atoms with Crippen molar-refractivity contribution in [2.75, 3.05) is 24.9 Å². The maximum atomic E-state index is 11.7. The molecule has 0 radical (unpaired) electrons. The van der Waals surface area contributed by atoms with Gasteiger partial charge in [-0.1, -0.05) is 19.8 Å². The van der Waals surface area contributed by atoms with E-state index in [2.05, 4.69) is 45.4 Å². The normalized spacial score (nSPS) is 12.7. The lowest BCUT2D eigenvalue weighted by atomic mass is 9.89. The number of nitrogens with zero attached hydrogens (tertiary/aromatic N) is 3. The molecule has 2 heterocycles. The number of methoxy groups -OCH3 is 2. The molecule has 0 bridgehead atoms. The van der Waals surface area contributed by atoms with Gasteiger partial charge in [-0.3, -0.25) is 0 Å². The van der Waals surface area contributed by atoms with Gasteiger partial charge in [0.25, 0.3) is 0 Å². The van der Waals surface area contributed by atoms with Crippen molar-refractivity contribution in [1.29, 1.82) is 0 Å². The Morgan fingerprint density at radius 1 is 1.14 bits per heavy atom. The molecule has 0 fully saturated rings. The van der Waals surface area contributed by atoms with Crippen molar-refractivity contribution in [3.05, 3.63) is 40.5 Å². The number of fused-ring (bicyclic) bond motifs is 1. The van der Waals surface area contributed by atoms with Crippen molar-refractivity contribution in [2.24, 2.45) is 0 Å². The number of aromatic nitrogens is 3. The first-order valence-corrected chi connectivity index (χ1v) is 12.6. The second-order valence-electron chi connectivity index (χ2n) is 8.94. The third kappa shape index (κ3) is 7.27. The molecule has 0 saturated carbocycles. The number of nitrogens with one attached hydrogen (secondary N) is 2. The minimum Gasteiger partial charge on any atom is -0.497 e. The van der Waals surface area contributed by atoms with Gasteiger partial charge in [0.05, 0.1) is 19.7 Å². The summed E-state index contributed by atoms with van der Waals surface area (Å²) < 4.78 is 11.6.